The van der Waals surface area contributed by atoms with Crippen LogP contribution in [-0.2, 0) is 6.42 Å². The minimum absolute atomic E-state index is 0.0475. The Kier molecular flexibility index (Phi) is 8.18. The van der Waals surface area contributed by atoms with E-state index in [2.05, 4.69) is 46.7 Å². The molecule has 0 saturated heterocycles. The summed E-state index contributed by atoms with van der Waals surface area (Å²) in [5.74, 6) is 0.439. The predicted octanol–water partition coefficient (Wildman–Crippen LogP) is 5.13. The summed E-state index contributed by atoms with van der Waals surface area (Å²) in [6, 6.07) is 14.1. The predicted molar refractivity (Wildman–Crippen MR) is 144 cm³/mol. The van der Waals surface area contributed by atoms with Gasteiger partial charge in [-0.25, -0.2) is 4.98 Å². The van der Waals surface area contributed by atoms with Crippen LogP contribution in [0.2, 0.25) is 0 Å². The van der Waals surface area contributed by atoms with Gasteiger partial charge in [-0.3, -0.25) is 9.79 Å². The number of aromatic nitrogens is 1. The number of hydrogen-bond donors (Lipinski definition) is 1. The second-order valence-corrected chi connectivity index (χ2v) is 9.16. The number of likely N-dealkylation sites (N-methyl/N-ethyl adjacent to an activating group) is 2. The second kappa shape index (κ2) is 11.1. The van der Waals surface area contributed by atoms with Crippen molar-refractivity contribution in [1.29, 1.82) is 0 Å². The van der Waals surface area contributed by atoms with E-state index in [1.807, 2.05) is 58.4 Å². The van der Waals surface area contributed by atoms with Crippen molar-refractivity contribution in [3.63, 3.8) is 0 Å². The van der Waals surface area contributed by atoms with Gasteiger partial charge in [-0.2, -0.15) is 0 Å². The standard InChI is InChI=1S/C28H35N5O/c1-19(17-24-23-14-8-20(2)18-25(23)31-27(29)26(24)30-3)7-9-21-10-12-22(13-11-21)28(34)33(6)16-15-32(4)5/h8,10-14,17-18H,3,7,9,15-16H2,1-2,4-6H3,(H2,29,31)/b19-17+. The Bertz CT molecular complexity index is 1210. The summed E-state index contributed by atoms with van der Waals surface area (Å²) < 4.78 is 0. The molecule has 0 fully saturated rings. The molecule has 2 N–H and O–H groups in total. The Hall–Kier alpha value is -3.51. The van der Waals surface area contributed by atoms with Gasteiger partial charge in [0, 0.05) is 36.7 Å². The van der Waals surface area contributed by atoms with Crippen molar-refractivity contribution in [3.8, 4) is 0 Å². The lowest BCUT2D eigenvalue weighted by atomic mass is 9.99. The number of allylic oxidation sites excluding steroid dienone is 1. The molecular formula is C28H35N5O. The Morgan fingerprint density at radius 2 is 1.82 bits per heavy atom. The smallest absolute Gasteiger partial charge is 0.253 e. The first kappa shape index (κ1) is 25.1. The molecule has 0 saturated carbocycles. The molecule has 1 heterocycles. The number of fused-ring (bicyclic) bond motifs is 1. The van der Waals surface area contributed by atoms with Gasteiger partial charge in [-0.1, -0.05) is 35.9 Å². The number of aliphatic imine (C=N–C) groups is 1. The van der Waals surface area contributed by atoms with Crippen molar-refractivity contribution < 1.29 is 4.79 Å². The van der Waals surface area contributed by atoms with E-state index in [4.69, 9.17) is 5.73 Å². The van der Waals surface area contributed by atoms with Gasteiger partial charge in [0.2, 0.25) is 0 Å². The second-order valence-electron chi connectivity index (χ2n) is 9.16. The van der Waals surface area contributed by atoms with Crippen LogP contribution in [0, 0.1) is 6.92 Å². The first-order valence-corrected chi connectivity index (χ1v) is 11.5. The van der Waals surface area contributed by atoms with E-state index in [0.717, 1.165) is 41.4 Å². The highest BCUT2D eigenvalue weighted by Crippen LogP contribution is 2.34. The number of carbonyl (C=O) groups is 1. The fourth-order valence-electron chi connectivity index (χ4n) is 3.87. The summed E-state index contributed by atoms with van der Waals surface area (Å²) in [6.45, 7) is 9.39. The Morgan fingerprint density at radius 3 is 2.47 bits per heavy atom. The van der Waals surface area contributed by atoms with Crippen LogP contribution in [0.3, 0.4) is 0 Å². The number of nitrogens with zero attached hydrogens (tertiary/aromatic N) is 4. The first-order chi connectivity index (χ1) is 16.2. The summed E-state index contributed by atoms with van der Waals surface area (Å²) in [6.07, 6.45) is 3.89. The van der Waals surface area contributed by atoms with E-state index < -0.39 is 0 Å². The minimum atomic E-state index is 0.0475. The van der Waals surface area contributed by atoms with Crippen LogP contribution in [0.4, 0.5) is 11.5 Å². The number of benzene rings is 2. The highest BCUT2D eigenvalue weighted by Gasteiger charge is 2.13. The molecule has 0 aliphatic heterocycles. The maximum Gasteiger partial charge on any atom is 0.253 e. The van der Waals surface area contributed by atoms with Gasteiger partial charge in [-0.05, 0) is 76.8 Å². The van der Waals surface area contributed by atoms with Gasteiger partial charge in [0.1, 0.15) is 5.69 Å². The number of rotatable bonds is 9. The number of amides is 1. The normalized spacial score (nSPS) is 11.8. The minimum Gasteiger partial charge on any atom is -0.382 e. The van der Waals surface area contributed by atoms with Gasteiger partial charge in [0.05, 0.1) is 5.52 Å². The number of carbonyl (C=O) groups excluding carboxylic acids is 1. The topological polar surface area (TPSA) is 74.8 Å². The monoisotopic (exact) mass is 457 g/mol. The Labute approximate surface area is 202 Å². The van der Waals surface area contributed by atoms with Gasteiger partial charge in [-0.15, -0.1) is 0 Å². The summed E-state index contributed by atoms with van der Waals surface area (Å²) in [7, 11) is 5.85. The van der Waals surface area contributed by atoms with Gasteiger partial charge in [0.25, 0.3) is 5.91 Å². The Morgan fingerprint density at radius 1 is 1.12 bits per heavy atom. The van der Waals surface area contributed by atoms with Crippen molar-refractivity contribution in [2.45, 2.75) is 26.7 Å². The molecule has 0 radical (unpaired) electrons. The average Bonchev–Trinajstić information content (AvgIpc) is 2.80. The maximum absolute atomic E-state index is 12.6. The van der Waals surface area contributed by atoms with E-state index in [9.17, 15) is 4.79 Å². The molecule has 0 aliphatic rings. The summed E-state index contributed by atoms with van der Waals surface area (Å²) in [5, 5.41) is 1.02. The molecule has 3 rings (SSSR count). The number of pyridine rings is 1. The molecule has 1 amide bonds. The molecule has 0 unspecified atom stereocenters. The highest BCUT2D eigenvalue weighted by atomic mass is 16.2. The van der Waals surface area contributed by atoms with Crippen LogP contribution in [0.25, 0.3) is 17.0 Å². The fourth-order valence-corrected chi connectivity index (χ4v) is 3.87. The van der Waals surface area contributed by atoms with Crippen LogP contribution in [0.5, 0.6) is 0 Å². The van der Waals surface area contributed by atoms with Gasteiger partial charge in [0.15, 0.2) is 5.82 Å². The van der Waals surface area contributed by atoms with E-state index in [1.165, 1.54) is 11.1 Å². The number of anilines is 1. The molecule has 2 aromatic carbocycles. The summed E-state index contributed by atoms with van der Waals surface area (Å²) in [4.78, 5) is 25.1. The van der Waals surface area contributed by atoms with Crippen molar-refractivity contribution in [2.75, 3.05) is 40.0 Å². The zero-order valence-corrected chi connectivity index (χ0v) is 20.9. The number of aryl methyl sites for hydroxylation is 2. The average molecular weight is 458 g/mol. The molecule has 178 valence electrons. The SMILES string of the molecule is C=Nc1c(N)nc2cc(C)ccc2c1/C=C(\C)CCc1ccc(C(=O)N(C)CCN(C)C)cc1. The van der Waals surface area contributed by atoms with Crippen molar-refractivity contribution in [3.05, 3.63) is 70.3 Å². The lowest BCUT2D eigenvalue weighted by Gasteiger charge is -2.19. The zero-order valence-electron chi connectivity index (χ0n) is 20.9. The van der Waals surface area contributed by atoms with Crippen molar-refractivity contribution in [2.24, 2.45) is 4.99 Å². The molecule has 0 aliphatic carbocycles. The molecule has 6 heteroatoms. The largest absolute Gasteiger partial charge is 0.382 e. The third-order valence-electron chi connectivity index (χ3n) is 5.97. The molecule has 0 spiro atoms. The maximum atomic E-state index is 12.6. The third-order valence-corrected chi connectivity index (χ3v) is 5.97. The van der Waals surface area contributed by atoms with Gasteiger partial charge < -0.3 is 15.5 Å². The Balaban J connectivity index is 1.73. The summed E-state index contributed by atoms with van der Waals surface area (Å²) in [5.41, 5.74) is 12.9. The number of nitrogens with two attached hydrogens (primary N) is 1. The number of nitrogen functional groups attached to an aromatic ring is 1. The van der Waals surface area contributed by atoms with Crippen LogP contribution in [0.15, 0.2) is 53.0 Å². The molecule has 34 heavy (non-hydrogen) atoms. The molecule has 3 aromatic rings. The molecule has 6 nitrogen and oxygen atoms in total. The molecule has 0 bridgehead atoms. The third kappa shape index (κ3) is 6.08. The molecule has 0 atom stereocenters. The van der Waals surface area contributed by atoms with E-state index in [0.29, 0.717) is 23.6 Å². The zero-order chi connectivity index (χ0) is 24.8. The van der Waals surface area contributed by atoms with Gasteiger partial charge >= 0.3 is 0 Å². The van der Waals surface area contributed by atoms with E-state index in [1.54, 1.807) is 4.90 Å². The highest BCUT2D eigenvalue weighted by molar-refractivity contribution is 5.97. The quantitative estimate of drug-likeness (QED) is 0.452. The summed E-state index contributed by atoms with van der Waals surface area (Å²) >= 11 is 0. The lowest BCUT2D eigenvalue weighted by Crippen LogP contribution is -2.33. The lowest BCUT2D eigenvalue weighted by molar-refractivity contribution is 0.0786. The fraction of sp³-hybridized carbons (Fsp3) is 0.321. The van der Waals surface area contributed by atoms with Crippen LogP contribution in [-0.4, -0.2) is 61.6 Å². The van der Waals surface area contributed by atoms with Crippen molar-refractivity contribution >= 4 is 41.1 Å². The van der Waals surface area contributed by atoms with Crippen molar-refractivity contribution in [1.82, 2.24) is 14.8 Å². The van der Waals surface area contributed by atoms with Crippen LogP contribution < -0.4 is 5.73 Å². The van der Waals surface area contributed by atoms with Crippen LogP contribution >= 0.6 is 0 Å². The molecule has 1 aromatic heterocycles. The first-order valence-electron chi connectivity index (χ1n) is 11.5. The number of hydrogen-bond acceptors (Lipinski definition) is 5. The van der Waals surface area contributed by atoms with E-state index >= 15 is 0 Å². The molecular weight excluding hydrogens is 422 g/mol. The van der Waals surface area contributed by atoms with E-state index in [-0.39, 0.29) is 5.91 Å². The van der Waals surface area contributed by atoms with Crippen LogP contribution in [0.1, 0.15) is 40.4 Å².